The Morgan fingerprint density at radius 1 is 1.25 bits per heavy atom. The molecule has 3 rings (SSSR count). The van der Waals surface area contributed by atoms with Crippen molar-refractivity contribution in [1.29, 1.82) is 0 Å². The molecule has 1 unspecified atom stereocenters. The summed E-state index contributed by atoms with van der Waals surface area (Å²) in [6.07, 6.45) is 3.08. The fourth-order valence-corrected chi connectivity index (χ4v) is 3.00. The third-order valence-electron chi connectivity index (χ3n) is 5.05. The maximum Gasteiger partial charge on any atom is 0.251 e. The molecular weight excluding hydrogens is 350 g/mol. The van der Waals surface area contributed by atoms with Crippen molar-refractivity contribution >= 4 is 5.91 Å². The van der Waals surface area contributed by atoms with Crippen molar-refractivity contribution in [3.8, 4) is 11.3 Å². The highest BCUT2D eigenvalue weighted by Gasteiger charge is 2.24. The lowest BCUT2D eigenvalue weighted by Crippen LogP contribution is -2.30. The van der Waals surface area contributed by atoms with Crippen molar-refractivity contribution in [3.05, 3.63) is 52.7 Å². The van der Waals surface area contributed by atoms with E-state index in [9.17, 15) is 9.90 Å². The molecule has 0 aliphatic heterocycles. The summed E-state index contributed by atoms with van der Waals surface area (Å²) in [4.78, 5) is 17.0. The second-order valence-corrected chi connectivity index (χ2v) is 9.03. The van der Waals surface area contributed by atoms with E-state index >= 15 is 0 Å². The lowest BCUT2D eigenvalue weighted by atomic mass is 9.96. The standard InChI is InChI=1S/C23H31N3O2/c1-14-10-17(22(28)26-18-7-8-18)11-19(15(14)2)20-9-6-16(12-24-20)21(27)25-13-23(3,4)5/h6,9-12,18,21,25,27H,7-8,13H2,1-5H3,(H,26,28). The molecule has 1 atom stereocenters. The molecule has 1 saturated carbocycles. The van der Waals surface area contributed by atoms with Crippen LogP contribution in [-0.4, -0.2) is 28.6 Å². The molecule has 28 heavy (non-hydrogen) atoms. The summed E-state index contributed by atoms with van der Waals surface area (Å²) in [5.41, 5.74) is 5.40. The van der Waals surface area contributed by atoms with Gasteiger partial charge in [0.1, 0.15) is 6.23 Å². The van der Waals surface area contributed by atoms with Gasteiger partial charge in [-0.05, 0) is 61.4 Å². The van der Waals surface area contributed by atoms with Crippen molar-refractivity contribution in [3.63, 3.8) is 0 Å². The van der Waals surface area contributed by atoms with Crippen LogP contribution in [0.3, 0.4) is 0 Å². The van der Waals surface area contributed by atoms with Crippen molar-refractivity contribution < 1.29 is 9.90 Å². The number of aryl methyl sites for hydroxylation is 1. The molecular formula is C23H31N3O2. The van der Waals surface area contributed by atoms with E-state index in [1.54, 1.807) is 6.20 Å². The van der Waals surface area contributed by atoms with Gasteiger partial charge in [0.05, 0.1) is 5.69 Å². The van der Waals surface area contributed by atoms with Crippen LogP contribution in [0.25, 0.3) is 11.3 Å². The van der Waals surface area contributed by atoms with Crippen LogP contribution in [0.4, 0.5) is 0 Å². The topological polar surface area (TPSA) is 74.2 Å². The summed E-state index contributed by atoms with van der Waals surface area (Å²) in [5.74, 6) is -0.0229. The molecule has 5 nitrogen and oxygen atoms in total. The third kappa shape index (κ3) is 5.18. The van der Waals surface area contributed by atoms with E-state index in [2.05, 4.69) is 36.4 Å². The molecule has 1 aliphatic rings. The van der Waals surface area contributed by atoms with Gasteiger partial charge >= 0.3 is 0 Å². The van der Waals surface area contributed by atoms with Crippen molar-refractivity contribution in [2.45, 2.75) is 59.7 Å². The predicted octanol–water partition coefficient (Wildman–Crippen LogP) is 3.88. The Morgan fingerprint density at radius 2 is 1.96 bits per heavy atom. The summed E-state index contributed by atoms with van der Waals surface area (Å²) in [5, 5.41) is 16.5. The number of carbonyl (C=O) groups excluding carboxylic acids is 1. The molecule has 0 bridgehead atoms. The lowest BCUT2D eigenvalue weighted by molar-refractivity contribution is 0.0951. The van der Waals surface area contributed by atoms with E-state index in [1.807, 2.05) is 38.1 Å². The number of benzene rings is 1. The first kappa shape index (κ1) is 20.5. The summed E-state index contributed by atoms with van der Waals surface area (Å²) in [7, 11) is 0. The first-order valence-corrected chi connectivity index (χ1v) is 9.94. The van der Waals surface area contributed by atoms with Crippen LogP contribution < -0.4 is 10.6 Å². The summed E-state index contributed by atoms with van der Waals surface area (Å²) >= 11 is 0. The highest BCUT2D eigenvalue weighted by molar-refractivity contribution is 5.96. The number of nitrogens with zero attached hydrogens (tertiary/aromatic N) is 1. The maximum atomic E-state index is 12.5. The largest absolute Gasteiger partial charge is 0.374 e. The minimum Gasteiger partial charge on any atom is -0.374 e. The molecule has 150 valence electrons. The monoisotopic (exact) mass is 381 g/mol. The second kappa shape index (κ2) is 8.02. The molecule has 2 aromatic rings. The lowest BCUT2D eigenvalue weighted by Gasteiger charge is -2.22. The average Bonchev–Trinajstić information content (AvgIpc) is 3.45. The van der Waals surface area contributed by atoms with Gasteiger partial charge in [-0.15, -0.1) is 0 Å². The van der Waals surface area contributed by atoms with E-state index in [-0.39, 0.29) is 11.3 Å². The molecule has 1 aliphatic carbocycles. The van der Waals surface area contributed by atoms with Gasteiger partial charge in [0, 0.05) is 35.5 Å². The number of nitrogens with one attached hydrogen (secondary N) is 2. The Labute approximate surface area is 167 Å². The molecule has 1 aromatic heterocycles. The van der Waals surface area contributed by atoms with E-state index in [0.717, 1.165) is 40.8 Å². The highest BCUT2D eigenvalue weighted by atomic mass is 16.3. The van der Waals surface area contributed by atoms with Gasteiger partial charge < -0.3 is 10.4 Å². The van der Waals surface area contributed by atoms with Gasteiger partial charge in [-0.2, -0.15) is 0 Å². The zero-order valence-corrected chi connectivity index (χ0v) is 17.5. The number of carbonyl (C=O) groups is 1. The number of pyridine rings is 1. The summed E-state index contributed by atoms with van der Waals surface area (Å²) < 4.78 is 0. The zero-order chi connectivity index (χ0) is 20.5. The maximum absolute atomic E-state index is 12.5. The number of aliphatic hydroxyl groups excluding tert-OH is 1. The van der Waals surface area contributed by atoms with E-state index in [4.69, 9.17) is 0 Å². The normalized spacial score (nSPS) is 15.4. The molecule has 0 spiro atoms. The first-order valence-electron chi connectivity index (χ1n) is 9.94. The Bertz CT molecular complexity index is 849. The SMILES string of the molecule is Cc1cc(C(=O)NC2CC2)cc(-c2ccc(C(O)NCC(C)(C)C)cn2)c1C. The van der Waals surface area contributed by atoms with Crippen LogP contribution in [0.2, 0.25) is 0 Å². The Hall–Kier alpha value is -2.24. The summed E-state index contributed by atoms with van der Waals surface area (Å²) in [6.45, 7) is 11.1. The van der Waals surface area contributed by atoms with Crippen LogP contribution in [-0.2, 0) is 0 Å². The van der Waals surface area contributed by atoms with Crippen molar-refractivity contribution in [1.82, 2.24) is 15.6 Å². The quantitative estimate of drug-likeness (QED) is 0.664. The number of hydrogen-bond donors (Lipinski definition) is 3. The minimum atomic E-state index is -0.751. The number of aromatic nitrogens is 1. The van der Waals surface area contributed by atoms with E-state index in [0.29, 0.717) is 18.2 Å². The van der Waals surface area contributed by atoms with Gasteiger partial charge in [0.2, 0.25) is 0 Å². The molecule has 1 heterocycles. The van der Waals surface area contributed by atoms with Crippen LogP contribution in [0.15, 0.2) is 30.5 Å². The molecule has 5 heteroatoms. The van der Waals surface area contributed by atoms with Gasteiger partial charge in [-0.1, -0.05) is 26.8 Å². The Balaban J connectivity index is 1.80. The molecule has 0 radical (unpaired) electrons. The van der Waals surface area contributed by atoms with Crippen LogP contribution >= 0.6 is 0 Å². The molecule has 0 saturated heterocycles. The van der Waals surface area contributed by atoms with Crippen molar-refractivity contribution in [2.75, 3.05) is 6.54 Å². The van der Waals surface area contributed by atoms with E-state index in [1.165, 1.54) is 0 Å². The smallest absolute Gasteiger partial charge is 0.251 e. The van der Waals surface area contributed by atoms with Gasteiger partial charge in [0.15, 0.2) is 0 Å². The average molecular weight is 382 g/mol. The summed E-state index contributed by atoms with van der Waals surface area (Å²) in [6, 6.07) is 7.97. The van der Waals surface area contributed by atoms with Gasteiger partial charge in [-0.25, -0.2) is 0 Å². The predicted molar refractivity (Wildman–Crippen MR) is 112 cm³/mol. The van der Waals surface area contributed by atoms with Crippen LogP contribution in [0.5, 0.6) is 0 Å². The van der Waals surface area contributed by atoms with Crippen LogP contribution in [0.1, 0.15) is 66.9 Å². The van der Waals surface area contributed by atoms with Gasteiger partial charge in [-0.3, -0.25) is 15.1 Å². The van der Waals surface area contributed by atoms with Crippen molar-refractivity contribution in [2.24, 2.45) is 5.41 Å². The molecule has 3 N–H and O–H groups in total. The Morgan fingerprint density at radius 3 is 2.54 bits per heavy atom. The van der Waals surface area contributed by atoms with Gasteiger partial charge in [0.25, 0.3) is 5.91 Å². The van der Waals surface area contributed by atoms with E-state index < -0.39 is 6.23 Å². The molecule has 1 fully saturated rings. The minimum absolute atomic E-state index is 0.0229. The number of rotatable bonds is 6. The zero-order valence-electron chi connectivity index (χ0n) is 17.5. The van der Waals surface area contributed by atoms with Crippen LogP contribution in [0, 0.1) is 19.3 Å². The molecule has 1 aromatic carbocycles. The number of amides is 1. The molecule has 1 amide bonds. The first-order chi connectivity index (χ1) is 13.1. The highest BCUT2D eigenvalue weighted by Crippen LogP contribution is 2.27. The number of hydrogen-bond acceptors (Lipinski definition) is 4. The fraction of sp³-hybridized carbons (Fsp3) is 0.478. The number of aliphatic hydroxyl groups is 1. The second-order valence-electron chi connectivity index (χ2n) is 9.03. The third-order valence-corrected chi connectivity index (χ3v) is 5.05. The Kier molecular flexibility index (Phi) is 5.87. The fourth-order valence-electron chi connectivity index (χ4n) is 3.00.